The maximum atomic E-state index is 13.6. The summed E-state index contributed by atoms with van der Waals surface area (Å²) < 4.78 is 53.0. The molecule has 0 bridgehead atoms. The van der Waals surface area contributed by atoms with Crippen LogP contribution < -0.4 is 9.47 Å². The number of aliphatic hydroxyl groups is 1. The Labute approximate surface area is 279 Å². The van der Waals surface area contributed by atoms with Crippen LogP contribution in [0, 0.1) is 0 Å². The molecule has 0 radical (unpaired) electrons. The number of rotatable bonds is 19. The van der Waals surface area contributed by atoms with E-state index in [-0.39, 0.29) is 11.7 Å². The lowest BCUT2D eigenvalue weighted by molar-refractivity contribution is -0.192. The Kier molecular flexibility index (Phi) is 17.9. The largest absolute Gasteiger partial charge is 0.497 e. The number of hydrogen-bond donors (Lipinski definition) is 2. The fourth-order valence-electron chi connectivity index (χ4n) is 5.12. The summed E-state index contributed by atoms with van der Waals surface area (Å²) >= 11 is 0. The maximum absolute atomic E-state index is 13.6. The number of alkyl halides is 3. The fourth-order valence-corrected chi connectivity index (χ4v) is 5.12. The van der Waals surface area contributed by atoms with Crippen molar-refractivity contribution in [3.8, 4) is 11.5 Å². The number of nitrogens with zero attached hydrogens (tertiary/aromatic N) is 2. The number of Topliss-reactive ketones (excluding diaryl/α,β-unsaturated/α-hetero) is 1. The molecule has 0 saturated carbocycles. The predicted octanol–water partition coefficient (Wildman–Crippen LogP) is 4.77. The van der Waals surface area contributed by atoms with Crippen molar-refractivity contribution in [1.82, 2.24) is 9.80 Å². The number of methoxy groups -OCH3 is 3. The monoisotopic (exact) mass is 684 g/mol. The molecule has 268 valence electrons. The Balaban J connectivity index is 0.00000103. The molecular formula is C34H47F3N2O9. The smallest absolute Gasteiger partial charge is 0.490 e. The first-order valence-electron chi connectivity index (χ1n) is 15.8. The van der Waals surface area contributed by atoms with Gasteiger partial charge in [0.05, 0.1) is 26.4 Å². The van der Waals surface area contributed by atoms with Crippen LogP contribution >= 0.6 is 0 Å². The molecule has 2 N–H and O–H groups in total. The number of carbonyl (C=O) groups excluding carboxylic acids is 2. The normalized spacial score (nSPS) is 14.4. The third kappa shape index (κ3) is 14.2. The van der Waals surface area contributed by atoms with Crippen molar-refractivity contribution in [2.24, 2.45) is 0 Å². The zero-order valence-corrected chi connectivity index (χ0v) is 27.7. The van der Waals surface area contributed by atoms with E-state index in [0.29, 0.717) is 75.7 Å². The van der Waals surface area contributed by atoms with Gasteiger partial charge in [0, 0.05) is 45.7 Å². The van der Waals surface area contributed by atoms with E-state index in [1.54, 1.807) is 50.5 Å². The van der Waals surface area contributed by atoms with Crippen LogP contribution in [0.4, 0.5) is 13.2 Å². The molecule has 0 unspecified atom stereocenters. The van der Waals surface area contributed by atoms with Gasteiger partial charge < -0.3 is 39.0 Å². The van der Waals surface area contributed by atoms with E-state index in [2.05, 4.69) is 4.90 Å². The van der Waals surface area contributed by atoms with Crippen molar-refractivity contribution in [2.75, 3.05) is 67.3 Å². The topological polar surface area (TPSA) is 135 Å². The molecule has 2 aromatic carbocycles. The average molecular weight is 685 g/mol. The number of benzene rings is 2. The SMILES string of the molecule is COCCOc1ccc([C@@H](O)[C@@H](CN2CCCC2)N(CCOC)C(=O)CCCCC(=O)c2ccc(OC)cc2)cc1.O=C(O)C(F)(F)F. The van der Waals surface area contributed by atoms with Crippen molar-refractivity contribution >= 4 is 17.7 Å². The summed E-state index contributed by atoms with van der Waals surface area (Å²) in [6.07, 6.45) is -1.86. The first-order chi connectivity index (χ1) is 22.9. The minimum absolute atomic E-state index is 0.0401. The second-order valence-electron chi connectivity index (χ2n) is 11.2. The number of unbranched alkanes of at least 4 members (excludes halogenated alkanes) is 1. The van der Waals surface area contributed by atoms with Gasteiger partial charge in [-0.15, -0.1) is 0 Å². The van der Waals surface area contributed by atoms with Gasteiger partial charge in [-0.1, -0.05) is 12.1 Å². The highest BCUT2D eigenvalue weighted by atomic mass is 19.4. The Morgan fingerprint density at radius 2 is 1.42 bits per heavy atom. The lowest BCUT2D eigenvalue weighted by Gasteiger charge is -2.37. The van der Waals surface area contributed by atoms with Crippen LogP contribution in [0.1, 0.15) is 60.6 Å². The maximum Gasteiger partial charge on any atom is 0.490 e. The Morgan fingerprint density at radius 3 is 1.96 bits per heavy atom. The van der Waals surface area contributed by atoms with Gasteiger partial charge in [-0.25, -0.2) is 4.79 Å². The van der Waals surface area contributed by atoms with Crippen LogP contribution in [0.15, 0.2) is 48.5 Å². The van der Waals surface area contributed by atoms with Gasteiger partial charge in [0.15, 0.2) is 5.78 Å². The number of likely N-dealkylation sites (tertiary alicyclic amines) is 1. The molecule has 2 aromatic rings. The summed E-state index contributed by atoms with van der Waals surface area (Å²) in [5, 5.41) is 18.7. The molecule has 0 spiro atoms. The highest BCUT2D eigenvalue weighted by molar-refractivity contribution is 5.96. The highest BCUT2D eigenvalue weighted by Gasteiger charge is 2.38. The molecule has 1 amide bonds. The molecular weight excluding hydrogens is 637 g/mol. The van der Waals surface area contributed by atoms with Gasteiger partial charge >= 0.3 is 12.1 Å². The lowest BCUT2D eigenvalue weighted by Crippen LogP contribution is -2.50. The van der Waals surface area contributed by atoms with Crippen LogP contribution in [0.3, 0.4) is 0 Å². The number of carboxylic acids is 1. The minimum atomic E-state index is -5.08. The van der Waals surface area contributed by atoms with Gasteiger partial charge in [-0.05, 0) is 80.7 Å². The van der Waals surface area contributed by atoms with Crippen LogP contribution in [-0.4, -0.2) is 117 Å². The van der Waals surface area contributed by atoms with Crippen molar-refractivity contribution in [1.29, 1.82) is 0 Å². The third-order valence-electron chi connectivity index (χ3n) is 7.74. The van der Waals surface area contributed by atoms with E-state index in [4.69, 9.17) is 28.8 Å². The number of halogens is 3. The van der Waals surface area contributed by atoms with Gasteiger partial charge in [-0.3, -0.25) is 9.59 Å². The van der Waals surface area contributed by atoms with E-state index in [0.717, 1.165) is 31.5 Å². The number of aliphatic carboxylic acids is 1. The molecule has 1 aliphatic heterocycles. The zero-order chi connectivity index (χ0) is 35.5. The number of aliphatic hydroxyl groups excluding tert-OH is 1. The highest BCUT2D eigenvalue weighted by Crippen LogP contribution is 2.27. The predicted molar refractivity (Wildman–Crippen MR) is 171 cm³/mol. The summed E-state index contributed by atoms with van der Waals surface area (Å²) in [4.78, 5) is 39.2. The van der Waals surface area contributed by atoms with Crippen LogP contribution in [0.25, 0.3) is 0 Å². The van der Waals surface area contributed by atoms with Gasteiger partial charge in [0.2, 0.25) is 5.91 Å². The molecule has 1 saturated heterocycles. The van der Waals surface area contributed by atoms with E-state index in [9.17, 15) is 27.9 Å². The Hall–Kier alpha value is -3.72. The molecule has 2 atom stereocenters. The zero-order valence-electron chi connectivity index (χ0n) is 27.7. The molecule has 0 aromatic heterocycles. The third-order valence-corrected chi connectivity index (χ3v) is 7.74. The number of ether oxygens (including phenoxy) is 4. The van der Waals surface area contributed by atoms with E-state index >= 15 is 0 Å². The van der Waals surface area contributed by atoms with Crippen molar-refractivity contribution in [2.45, 2.75) is 56.8 Å². The molecule has 14 heteroatoms. The molecule has 48 heavy (non-hydrogen) atoms. The first kappa shape index (κ1) is 40.5. The van der Waals surface area contributed by atoms with Gasteiger partial charge in [0.1, 0.15) is 24.2 Å². The average Bonchev–Trinajstić information content (AvgIpc) is 3.59. The summed E-state index contributed by atoms with van der Waals surface area (Å²) in [7, 11) is 4.83. The standard InChI is InChI=1S/C32H46N2O7.C2HF3O2/c1-38-21-20-34(31(36)9-5-4-8-30(35)25-10-14-27(40-3)15-11-25)29(24-33-18-6-7-19-33)32(37)26-12-16-28(17-13-26)41-23-22-39-2;3-2(4,5)1(6)7/h10-17,29,32,37H,4-9,18-24H2,1-3H3;(H,6,7)/t29-,32-;/m1./s1. The number of hydrogen-bond acceptors (Lipinski definition) is 9. The van der Waals surface area contributed by atoms with E-state index in [1.807, 2.05) is 24.3 Å². The van der Waals surface area contributed by atoms with Crippen molar-refractivity contribution in [3.05, 3.63) is 59.7 Å². The minimum Gasteiger partial charge on any atom is -0.497 e. The summed E-state index contributed by atoms with van der Waals surface area (Å²) in [6.45, 7) is 4.18. The van der Waals surface area contributed by atoms with Crippen LogP contribution in [-0.2, 0) is 19.1 Å². The number of amides is 1. The summed E-state index contributed by atoms with van der Waals surface area (Å²) in [5.74, 6) is -1.34. The fraction of sp³-hybridized carbons (Fsp3) is 0.559. The molecule has 0 aliphatic carbocycles. The molecule has 1 aliphatic rings. The van der Waals surface area contributed by atoms with E-state index in [1.165, 1.54) is 0 Å². The Bertz CT molecular complexity index is 1240. The Morgan fingerprint density at radius 1 is 0.854 bits per heavy atom. The van der Waals surface area contributed by atoms with E-state index < -0.39 is 24.3 Å². The van der Waals surface area contributed by atoms with Crippen LogP contribution in [0.5, 0.6) is 11.5 Å². The number of ketones is 1. The summed E-state index contributed by atoms with van der Waals surface area (Å²) in [5.41, 5.74) is 1.37. The first-order valence-corrected chi connectivity index (χ1v) is 15.8. The second-order valence-corrected chi connectivity index (χ2v) is 11.2. The van der Waals surface area contributed by atoms with Gasteiger partial charge in [0.25, 0.3) is 0 Å². The summed E-state index contributed by atoms with van der Waals surface area (Å²) in [6, 6.07) is 14.0. The molecule has 3 rings (SSSR count). The van der Waals surface area contributed by atoms with Gasteiger partial charge in [-0.2, -0.15) is 13.2 Å². The molecule has 1 heterocycles. The molecule has 1 fully saturated rings. The van der Waals surface area contributed by atoms with Crippen LogP contribution in [0.2, 0.25) is 0 Å². The second kappa shape index (κ2) is 21.3. The molecule has 11 nitrogen and oxygen atoms in total. The number of carbonyl (C=O) groups is 3. The quantitative estimate of drug-likeness (QED) is 0.157. The van der Waals surface area contributed by atoms with Crippen molar-refractivity contribution in [3.63, 3.8) is 0 Å². The number of carboxylic acid groups (broad SMARTS) is 1. The van der Waals surface area contributed by atoms with Crippen molar-refractivity contribution < 1.29 is 56.7 Å². The lowest BCUT2D eigenvalue weighted by atomic mass is 9.99.